The average molecular weight is 526 g/mol. The molecule has 38 heavy (non-hydrogen) atoms. The van der Waals surface area contributed by atoms with Crippen molar-refractivity contribution in [3.63, 3.8) is 0 Å². The molecule has 2 N–H and O–H groups in total. The zero-order valence-electron chi connectivity index (χ0n) is 24.3. The van der Waals surface area contributed by atoms with Gasteiger partial charge in [0.05, 0.1) is 0 Å². The van der Waals surface area contributed by atoms with Gasteiger partial charge in [-0.15, -0.1) is 6.42 Å². The zero-order chi connectivity index (χ0) is 28.5. The van der Waals surface area contributed by atoms with Gasteiger partial charge in [0.25, 0.3) is 0 Å². The van der Waals surface area contributed by atoms with E-state index in [0.717, 1.165) is 25.7 Å². The van der Waals surface area contributed by atoms with Crippen LogP contribution in [0.4, 0.5) is 4.79 Å². The number of alkyl carbamates (subject to hydrolysis) is 1. The molecule has 0 aromatic heterocycles. The number of ether oxygens (including phenoxy) is 1. The van der Waals surface area contributed by atoms with Crippen LogP contribution < -0.4 is 10.6 Å². The van der Waals surface area contributed by atoms with Crippen LogP contribution in [0.15, 0.2) is 24.3 Å². The van der Waals surface area contributed by atoms with Crippen molar-refractivity contribution in [3.05, 3.63) is 35.4 Å². The molecule has 1 fully saturated rings. The molecule has 1 aliphatic rings. The van der Waals surface area contributed by atoms with Crippen LogP contribution in [0.25, 0.3) is 0 Å². The van der Waals surface area contributed by atoms with E-state index in [0.29, 0.717) is 24.0 Å². The van der Waals surface area contributed by atoms with Crippen molar-refractivity contribution < 1.29 is 19.1 Å². The summed E-state index contributed by atoms with van der Waals surface area (Å²) in [4.78, 5) is 42.7. The van der Waals surface area contributed by atoms with Crippen LogP contribution in [-0.4, -0.2) is 46.5 Å². The molecule has 0 spiro atoms. The Balaban J connectivity index is 2.52. The first kappa shape index (κ1) is 31.2. The van der Waals surface area contributed by atoms with Gasteiger partial charge >= 0.3 is 6.09 Å². The summed E-state index contributed by atoms with van der Waals surface area (Å²) in [7, 11) is 0. The largest absolute Gasteiger partial charge is 0.444 e. The van der Waals surface area contributed by atoms with Gasteiger partial charge in [-0.25, -0.2) is 4.79 Å². The molecular weight excluding hydrogens is 478 g/mol. The maximum Gasteiger partial charge on any atom is 0.408 e. The monoisotopic (exact) mass is 525 g/mol. The van der Waals surface area contributed by atoms with E-state index >= 15 is 0 Å². The molecule has 3 amide bonds. The number of terminal acetylenes is 1. The molecule has 1 saturated carbocycles. The van der Waals surface area contributed by atoms with Gasteiger partial charge in [0.15, 0.2) is 0 Å². The second-order valence-corrected chi connectivity index (χ2v) is 11.5. The van der Waals surface area contributed by atoms with Crippen molar-refractivity contribution in [1.82, 2.24) is 15.5 Å². The zero-order valence-corrected chi connectivity index (χ0v) is 24.3. The highest BCUT2D eigenvalue weighted by molar-refractivity contribution is 5.92. The lowest BCUT2D eigenvalue weighted by Crippen LogP contribution is -2.57. The molecule has 0 aliphatic heterocycles. The number of carbonyl (C=O) groups excluding carboxylic acids is 3. The van der Waals surface area contributed by atoms with Crippen LogP contribution >= 0.6 is 0 Å². The van der Waals surface area contributed by atoms with Crippen LogP contribution in [0.2, 0.25) is 0 Å². The Morgan fingerprint density at radius 2 is 1.66 bits per heavy atom. The second kappa shape index (κ2) is 14.2. The molecule has 2 rings (SSSR count). The molecule has 0 bridgehead atoms. The Morgan fingerprint density at radius 3 is 2.16 bits per heavy atom. The van der Waals surface area contributed by atoms with E-state index in [1.165, 1.54) is 6.42 Å². The van der Waals surface area contributed by atoms with Crippen LogP contribution in [0.3, 0.4) is 0 Å². The van der Waals surface area contributed by atoms with Gasteiger partial charge in [0, 0.05) is 17.6 Å². The molecule has 4 atom stereocenters. The van der Waals surface area contributed by atoms with E-state index in [9.17, 15) is 14.4 Å². The van der Waals surface area contributed by atoms with E-state index in [4.69, 9.17) is 11.2 Å². The molecule has 1 aromatic carbocycles. The first-order chi connectivity index (χ1) is 17.9. The number of hydrogen-bond donors (Lipinski definition) is 2. The van der Waals surface area contributed by atoms with E-state index in [2.05, 4.69) is 16.6 Å². The molecule has 210 valence electrons. The standard InChI is InChI=1S/C31H47N3O4/c1-9-21(4)26(33-30(37)38-31(6,7)8)29(36)34(22(5)10-2)27(24-19-17-23(11-3)18-20-24)28(35)32-25-15-13-12-14-16-25/h3,17-22,25-27H,9-10,12-16H2,1-2,4-8H3,(H,32,35)(H,33,37). The summed E-state index contributed by atoms with van der Waals surface area (Å²) < 4.78 is 5.48. The Labute approximate surface area is 229 Å². The molecule has 1 aliphatic carbocycles. The molecule has 1 aromatic rings. The summed E-state index contributed by atoms with van der Waals surface area (Å²) in [6, 6.07) is 5.34. The number of amides is 3. The third kappa shape index (κ3) is 8.79. The quantitative estimate of drug-likeness (QED) is 0.382. The van der Waals surface area contributed by atoms with Crippen LogP contribution in [0.5, 0.6) is 0 Å². The highest BCUT2D eigenvalue weighted by atomic mass is 16.6. The van der Waals surface area contributed by atoms with E-state index < -0.39 is 23.8 Å². The van der Waals surface area contributed by atoms with Gasteiger partial charge in [0.1, 0.15) is 17.7 Å². The van der Waals surface area contributed by atoms with E-state index in [1.54, 1.807) is 37.8 Å². The lowest BCUT2D eigenvalue weighted by atomic mass is 9.92. The molecule has 0 saturated heterocycles. The third-order valence-electron chi connectivity index (χ3n) is 7.34. The smallest absolute Gasteiger partial charge is 0.408 e. The van der Waals surface area contributed by atoms with Crippen molar-refractivity contribution >= 4 is 17.9 Å². The Kier molecular flexibility index (Phi) is 11.7. The molecule has 4 unspecified atom stereocenters. The topological polar surface area (TPSA) is 87.7 Å². The minimum absolute atomic E-state index is 0.0860. The summed E-state index contributed by atoms with van der Waals surface area (Å²) in [6.45, 7) is 13.2. The summed E-state index contributed by atoms with van der Waals surface area (Å²) >= 11 is 0. The highest BCUT2D eigenvalue weighted by Crippen LogP contribution is 2.29. The number of hydrogen-bond acceptors (Lipinski definition) is 4. The van der Waals surface area contributed by atoms with Gasteiger partial charge in [-0.05, 0) is 70.6 Å². The second-order valence-electron chi connectivity index (χ2n) is 11.5. The van der Waals surface area contributed by atoms with Crippen LogP contribution in [0, 0.1) is 18.3 Å². The fourth-order valence-electron chi connectivity index (χ4n) is 4.80. The fraction of sp³-hybridized carbons (Fsp3) is 0.645. The first-order valence-electron chi connectivity index (χ1n) is 14.1. The normalized spacial score (nSPS) is 17.3. The summed E-state index contributed by atoms with van der Waals surface area (Å²) in [5, 5.41) is 6.05. The number of nitrogens with zero attached hydrogens (tertiary/aromatic N) is 1. The first-order valence-corrected chi connectivity index (χ1v) is 14.1. The van der Waals surface area contributed by atoms with Crippen LogP contribution in [-0.2, 0) is 14.3 Å². The Bertz CT molecular complexity index is 970. The van der Waals surface area contributed by atoms with Crippen molar-refractivity contribution in [2.45, 2.75) is 123 Å². The predicted molar refractivity (Wildman–Crippen MR) is 151 cm³/mol. The molecule has 0 heterocycles. The lowest BCUT2D eigenvalue weighted by molar-refractivity contribution is -0.146. The molecular formula is C31H47N3O4. The van der Waals surface area contributed by atoms with Crippen molar-refractivity contribution in [3.8, 4) is 12.3 Å². The third-order valence-corrected chi connectivity index (χ3v) is 7.34. The summed E-state index contributed by atoms with van der Waals surface area (Å²) in [5.41, 5.74) is 0.682. The van der Waals surface area contributed by atoms with Gasteiger partial charge in [-0.1, -0.05) is 64.5 Å². The van der Waals surface area contributed by atoms with Crippen molar-refractivity contribution in [2.75, 3.05) is 0 Å². The van der Waals surface area contributed by atoms with E-state index in [1.807, 2.05) is 39.8 Å². The minimum Gasteiger partial charge on any atom is -0.444 e. The van der Waals surface area contributed by atoms with Gasteiger partial charge < -0.3 is 20.3 Å². The summed E-state index contributed by atoms with van der Waals surface area (Å²) in [5.74, 6) is 1.93. The highest BCUT2D eigenvalue weighted by Gasteiger charge is 2.40. The maximum absolute atomic E-state index is 14.3. The number of carbonyl (C=O) groups is 3. The number of rotatable bonds is 10. The fourth-order valence-corrected chi connectivity index (χ4v) is 4.80. The van der Waals surface area contributed by atoms with Crippen molar-refractivity contribution in [1.29, 1.82) is 0 Å². The Morgan fingerprint density at radius 1 is 1.05 bits per heavy atom. The number of benzene rings is 1. The SMILES string of the molecule is C#Cc1ccc(C(C(=O)NC2CCCCC2)N(C(=O)C(NC(=O)OC(C)(C)C)C(C)CC)C(C)CC)cc1. The molecule has 0 radical (unpaired) electrons. The maximum atomic E-state index is 14.3. The lowest BCUT2D eigenvalue weighted by Gasteiger charge is -2.40. The number of nitrogens with one attached hydrogen (secondary N) is 2. The molecule has 7 heteroatoms. The van der Waals surface area contributed by atoms with Gasteiger partial charge in [-0.2, -0.15) is 0 Å². The predicted octanol–water partition coefficient (Wildman–Crippen LogP) is 5.72. The summed E-state index contributed by atoms with van der Waals surface area (Å²) in [6.07, 6.45) is 11.4. The average Bonchev–Trinajstić information content (AvgIpc) is 2.88. The van der Waals surface area contributed by atoms with Crippen molar-refractivity contribution in [2.24, 2.45) is 5.92 Å². The molecule has 7 nitrogen and oxygen atoms in total. The van der Waals surface area contributed by atoms with Gasteiger partial charge in [-0.3, -0.25) is 9.59 Å². The van der Waals surface area contributed by atoms with Crippen LogP contribution in [0.1, 0.15) is 111 Å². The van der Waals surface area contributed by atoms with Gasteiger partial charge in [0.2, 0.25) is 11.8 Å². The Hall–Kier alpha value is -3.01. The minimum atomic E-state index is -0.863. The van der Waals surface area contributed by atoms with E-state index in [-0.39, 0.29) is 29.8 Å².